The number of fused-ring (bicyclic) bond motifs is 1. The van der Waals surface area contributed by atoms with Gasteiger partial charge in [-0.15, -0.1) is 0 Å². The molecule has 0 saturated heterocycles. The fraction of sp³-hybridized carbons (Fsp3) is 0.364. The molecule has 1 aliphatic heterocycles. The van der Waals surface area contributed by atoms with E-state index in [1.54, 1.807) is 12.1 Å². The molecule has 0 N–H and O–H groups in total. The Bertz CT molecular complexity index is 374. The van der Waals surface area contributed by atoms with E-state index in [1.807, 2.05) is 0 Å². The highest BCUT2D eigenvalue weighted by Crippen LogP contribution is 2.37. The molecule has 0 amide bonds. The molecule has 2 nitrogen and oxygen atoms in total. The zero-order valence-corrected chi connectivity index (χ0v) is 7.92. The van der Waals surface area contributed by atoms with Crippen molar-refractivity contribution in [2.75, 3.05) is 6.61 Å². The third kappa shape index (κ3) is 1.50. The lowest BCUT2D eigenvalue weighted by Gasteiger charge is -2.05. The zero-order chi connectivity index (χ0) is 10.1. The van der Waals surface area contributed by atoms with E-state index in [1.165, 1.54) is 13.0 Å². The molecule has 0 fully saturated rings. The summed E-state index contributed by atoms with van der Waals surface area (Å²) in [6.45, 7) is 1.93. The van der Waals surface area contributed by atoms with Crippen molar-refractivity contribution in [3.8, 4) is 5.75 Å². The maximum Gasteiger partial charge on any atom is 0.130 e. The van der Waals surface area contributed by atoms with Gasteiger partial charge < -0.3 is 9.53 Å². The van der Waals surface area contributed by atoms with Gasteiger partial charge in [0.1, 0.15) is 17.3 Å². The van der Waals surface area contributed by atoms with Crippen LogP contribution >= 0.6 is 0 Å². The molecule has 3 heteroatoms. The Labute approximate surface area is 81.7 Å². The predicted molar refractivity (Wildman–Crippen MR) is 49.9 cm³/mol. The summed E-state index contributed by atoms with van der Waals surface area (Å²) in [5.74, 6) is 0.265. The van der Waals surface area contributed by atoms with E-state index in [9.17, 15) is 9.18 Å². The summed E-state index contributed by atoms with van der Waals surface area (Å²) in [6.07, 6.45) is 0.355. The second-order valence-electron chi connectivity index (χ2n) is 3.57. The fourth-order valence-electron chi connectivity index (χ4n) is 1.82. The molecular weight excluding hydrogens is 183 g/mol. The lowest BCUT2D eigenvalue weighted by Crippen LogP contribution is -2.06. The van der Waals surface area contributed by atoms with Gasteiger partial charge in [0.25, 0.3) is 0 Å². The highest BCUT2D eigenvalue weighted by Gasteiger charge is 2.28. The molecule has 0 aliphatic carbocycles. The van der Waals surface area contributed by atoms with E-state index in [2.05, 4.69) is 0 Å². The molecule has 0 bridgehead atoms. The Morgan fingerprint density at radius 1 is 1.64 bits per heavy atom. The molecule has 0 saturated carbocycles. The van der Waals surface area contributed by atoms with Gasteiger partial charge in [-0.1, -0.05) is 6.07 Å². The van der Waals surface area contributed by atoms with Crippen molar-refractivity contribution in [2.45, 2.75) is 19.3 Å². The summed E-state index contributed by atoms with van der Waals surface area (Å²) in [7, 11) is 0. The monoisotopic (exact) mass is 194 g/mol. The minimum atomic E-state index is -0.272. The summed E-state index contributed by atoms with van der Waals surface area (Å²) in [6, 6.07) is 4.75. The van der Waals surface area contributed by atoms with E-state index >= 15 is 0 Å². The molecular formula is C11H11FO2. The van der Waals surface area contributed by atoms with Gasteiger partial charge in [-0.05, 0) is 19.1 Å². The normalized spacial score (nSPS) is 18.9. The van der Waals surface area contributed by atoms with E-state index in [-0.39, 0.29) is 17.5 Å². The molecule has 1 heterocycles. The molecule has 2 rings (SSSR count). The first kappa shape index (κ1) is 9.19. The SMILES string of the molecule is CC(=O)CC1COc2cccc(F)c21. The van der Waals surface area contributed by atoms with Crippen molar-refractivity contribution in [1.82, 2.24) is 0 Å². The van der Waals surface area contributed by atoms with Crippen LogP contribution in [0.25, 0.3) is 0 Å². The molecule has 1 aromatic rings. The predicted octanol–water partition coefficient (Wildman–Crippen LogP) is 2.28. The molecule has 0 aromatic heterocycles. The quantitative estimate of drug-likeness (QED) is 0.722. The second-order valence-corrected chi connectivity index (χ2v) is 3.57. The number of benzene rings is 1. The van der Waals surface area contributed by atoms with E-state index in [0.717, 1.165) is 0 Å². The van der Waals surface area contributed by atoms with Gasteiger partial charge in [0.15, 0.2) is 0 Å². The molecule has 0 spiro atoms. The standard InChI is InChI=1S/C11H11FO2/c1-7(13)5-8-6-14-10-4-2-3-9(12)11(8)10/h2-4,8H,5-6H2,1H3. The molecule has 0 radical (unpaired) electrons. The largest absolute Gasteiger partial charge is 0.493 e. The number of carbonyl (C=O) groups excluding carboxylic acids is 1. The smallest absolute Gasteiger partial charge is 0.130 e. The van der Waals surface area contributed by atoms with E-state index in [0.29, 0.717) is 24.3 Å². The van der Waals surface area contributed by atoms with Crippen molar-refractivity contribution in [3.05, 3.63) is 29.6 Å². The maximum absolute atomic E-state index is 13.4. The van der Waals surface area contributed by atoms with Crippen LogP contribution in [0, 0.1) is 5.82 Å². The van der Waals surface area contributed by atoms with Crippen LogP contribution in [0.5, 0.6) is 5.75 Å². The van der Waals surface area contributed by atoms with Crippen LogP contribution in [-0.4, -0.2) is 12.4 Å². The third-order valence-electron chi connectivity index (χ3n) is 2.40. The Morgan fingerprint density at radius 2 is 2.43 bits per heavy atom. The van der Waals surface area contributed by atoms with E-state index < -0.39 is 0 Å². The number of Topliss-reactive ketones (excluding diaryl/α,β-unsaturated/α-hetero) is 1. The average molecular weight is 194 g/mol. The molecule has 1 aliphatic rings. The van der Waals surface area contributed by atoms with Crippen molar-refractivity contribution < 1.29 is 13.9 Å². The number of ketones is 1. The number of rotatable bonds is 2. The van der Waals surface area contributed by atoms with Crippen LogP contribution in [0.15, 0.2) is 18.2 Å². The summed E-state index contributed by atoms with van der Waals surface area (Å²) < 4.78 is 18.7. The van der Waals surface area contributed by atoms with Gasteiger partial charge in [0.2, 0.25) is 0 Å². The van der Waals surface area contributed by atoms with Crippen LogP contribution in [0.3, 0.4) is 0 Å². The number of hydrogen-bond donors (Lipinski definition) is 0. The Balaban J connectivity index is 2.33. The number of halogens is 1. The fourth-order valence-corrected chi connectivity index (χ4v) is 1.82. The average Bonchev–Trinajstić information content (AvgIpc) is 2.49. The van der Waals surface area contributed by atoms with Crippen LogP contribution in [-0.2, 0) is 4.79 Å². The highest BCUT2D eigenvalue weighted by molar-refractivity contribution is 5.76. The molecule has 74 valence electrons. The van der Waals surface area contributed by atoms with Crippen LogP contribution in [0.4, 0.5) is 4.39 Å². The number of carbonyl (C=O) groups is 1. The Morgan fingerprint density at radius 3 is 3.14 bits per heavy atom. The minimum Gasteiger partial charge on any atom is -0.493 e. The van der Waals surface area contributed by atoms with Crippen LogP contribution < -0.4 is 4.74 Å². The van der Waals surface area contributed by atoms with Crippen molar-refractivity contribution in [2.24, 2.45) is 0 Å². The van der Waals surface area contributed by atoms with Gasteiger partial charge in [0.05, 0.1) is 6.61 Å². The summed E-state index contributed by atoms with van der Waals surface area (Å²) in [4.78, 5) is 10.9. The van der Waals surface area contributed by atoms with Crippen molar-refractivity contribution >= 4 is 5.78 Å². The molecule has 1 unspecified atom stereocenters. The van der Waals surface area contributed by atoms with Gasteiger partial charge in [0, 0.05) is 17.9 Å². The van der Waals surface area contributed by atoms with Crippen molar-refractivity contribution in [3.63, 3.8) is 0 Å². The minimum absolute atomic E-state index is 0.0645. The first-order valence-electron chi connectivity index (χ1n) is 4.59. The first-order valence-corrected chi connectivity index (χ1v) is 4.59. The third-order valence-corrected chi connectivity index (χ3v) is 2.40. The number of hydrogen-bond acceptors (Lipinski definition) is 2. The number of ether oxygens (including phenoxy) is 1. The van der Waals surface area contributed by atoms with Crippen LogP contribution in [0.2, 0.25) is 0 Å². The summed E-state index contributed by atoms with van der Waals surface area (Å²) >= 11 is 0. The van der Waals surface area contributed by atoms with Crippen LogP contribution in [0.1, 0.15) is 24.8 Å². The Kier molecular flexibility index (Phi) is 2.23. The first-order chi connectivity index (χ1) is 6.68. The van der Waals surface area contributed by atoms with Gasteiger partial charge in [-0.3, -0.25) is 0 Å². The van der Waals surface area contributed by atoms with E-state index in [4.69, 9.17) is 4.74 Å². The zero-order valence-electron chi connectivity index (χ0n) is 7.92. The highest BCUT2D eigenvalue weighted by atomic mass is 19.1. The topological polar surface area (TPSA) is 26.3 Å². The molecule has 1 atom stereocenters. The van der Waals surface area contributed by atoms with Gasteiger partial charge in [-0.25, -0.2) is 4.39 Å². The van der Waals surface area contributed by atoms with Crippen molar-refractivity contribution in [1.29, 1.82) is 0 Å². The van der Waals surface area contributed by atoms with Gasteiger partial charge in [-0.2, -0.15) is 0 Å². The Hall–Kier alpha value is -1.38. The summed E-state index contributed by atoms with van der Waals surface area (Å²) in [5, 5.41) is 0. The molecule has 14 heavy (non-hydrogen) atoms. The lowest BCUT2D eigenvalue weighted by molar-refractivity contribution is -0.117. The maximum atomic E-state index is 13.4. The lowest BCUT2D eigenvalue weighted by atomic mass is 9.96. The second kappa shape index (κ2) is 3.40. The summed E-state index contributed by atoms with van der Waals surface area (Å²) in [5.41, 5.74) is 0.558. The molecule has 1 aromatic carbocycles. The van der Waals surface area contributed by atoms with Gasteiger partial charge >= 0.3 is 0 Å².